The van der Waals surface area contributed by atoms with E-state index in [0.29, 0.717) is 19.3 Å². The number of hydrogen-bond acceptors (Lipinski definition) is 7. The lowest BCUT2D eigenvalue weighted by Crippen LogP contribution is -2.29. The molecule has 0 radical (unpaired) electrons. The number of carbonyl (C=O) groups excluding carboxylic acids is 2. The molecule has 3 N–H and O–H groups in total. The molecular formula is C36H63O9P. The third kappa shape index (κ3) is 34.8. The normalized spacial score (nSPS) is 13.8. The lowest BCUT2D eigenvalue weighted by atomic mass is 10.1. The summed E-state index contributed by atoms with van der Waals surface area (Å²) in [5, 5.41) is 9.23. The first-order valence-electron chi connectivity index (χ1n) is 17.5. The number of rotatable bonds is 31. The molecule has 46 heavy (non-hydrogen) atoms. The number of hydrogen-bond donors (Lipinski definition) is 3. The Bertz CT molecular complexity index is 905. The Morgan fingerprint density at radius 2 is 1.13 bits per heavy atom. The molecule has 2 atom stereocenters. The van der Waals surface area contributed by atoms with E-state index in [0.717, 1.165) is 57.8 Å². The Hall–Kier alpha value is -2.03. The summed E-state index contributed by atoms with van der Waals surface area (Å²) < 4.78 is 26.1. The fourth-order valence-electron chi connectivity index (χ4n) is 4.50. The first-order chi connectivity index (χ1) is 22.1. The summed E-state index contributed by atoms with van der Waals surface area (Å²) >= 11 is 0. The van der Waals surface area contributed by atoms with Crippen molar-refractivity contribution < 1.29 is 43.0 Å². The molecular weight excluding hydrogens is 607 g/mol. The molecule has 0 fully saturated rings. The van der Waals surface area contributed by atoms with Gasteiger partial charge in [0.1, 0.15) is 6.61 Å². The van der Waals surface area contributed by atoms with Crippen LogP contribution in [0.4, 0.5) is 0 Å². The average Bonchev–Trinajstić information content (AvgIpc) is 3.00. The minimum Gasteiger partial charge on any atom is -0.462 e. The van der Waals surface area contributed by atoms with Crippen molar-refractivity contribution in [1.82, 2.24) is 0 Å². The highest BCUT2D eigenvalue weighted by molar-refractivity contribution is 7.46. The van der Waals surface area contributed by atoms with Crippen molar-refractivity contribution in [3.8, 4) is 0 Å². The predicted molar refractivity (Wildman–Crippen MR) is 185 cm³/mol. The highest BCUT2D eigenvalue weighted by Gasteiger charge is 2.22. The van der Waals surface area contributed by atoms with Crippen molar-refractivity contribution in [2.45, 2.75) is 154 Å². The van der Waals surface area contributed by atoms with Gasteiger partial charge >= 0.3 is 19.8 Å². The van der Waals surface area contributed by atoms with Gasteiger partial charge in [-0.15, -0.1) is 0 Å². The van der Waals surface area contributed by atoms with Crippen molar-refractivity contribution in [3.63, 3.8) is 0 Å². The number of allylic oxidation sites excluding steroid dienone is 8. The first-order valence-corrected chi connectivity index (χ1v) is 19.0. The molecule has 0 saturated heterocycles. The van der Waals surface area contributed by atoms with Gasteiger partial charge < -0.3 is 24.4 Å². The summed E-state index contributed by atoms with van der Waals surface area (Å²) in [6.07, 6.45) is 34.0. The van der Waals surface area contributed by atoms with E-state index in [-0.39, 0.29) is 25.6 Å². The fourth-order valence-corrected chi connectivity index (χ4v) is 4.86. The second-order valence-corrected chi connectivity index (χ2v) is 13.0. The van der Waals surface area contributed by atoms with Gasteiger partial charge in [-0.3, -0.25) is 14.1 Å². The van der Waals surface area contributed by atoms with Crippen LogP contribution in [-0.2, 0) is 28.2 Å². The maximum absolute atomic E-state index is 12.3. The van der Waals surface area contributed by atoms with Crippen LogP contribution in [0.2, 0.25) is 0 Å². The van der Waals surface area contributed by atoms with Crippen LogP contribution in [0, 0.1) is 0 Å². The lowest BCUT2D eigenvalue weighted by molar-refractivity contribution is -0.161. The number of phosphoric acid groups is 1. The van der Waals surface area contributed by atoms with Gasteiger partial charge in [0.05, 0.1) is 12.7 Å². The Balaban J connectivity index is 4.12. The summed E-state index contributed by atoms with van der Waals surface area (Å²) in [6.45, 7) is 3.15. The molecule has 0 aliphatic carbocycles. The molecule has 0 aliphatic rings. The second-order valence-electron chi connectivity index (χ2n) is 11.8. The minimum atomic E-state index is -4.77. The minimum absolute atomic E-state index is 0.124. The van der Waals surface area contributed by atoms with E-state index in [1.165, 1.54) is 38.5 Å². The smallest absolute Gasteiger partial charge is 0.462 e. The van der Waals surface area contributed by atoms with E-state index in [9.17, 15) is 19.3 Å². The van der Waals surface area contributed by atoms with Crippen molar-refractivity contribution in [2.75, 3.05) is 13.2 Å². The summed E-state index contributed by atoms with van der Waals surface area (Å²) in [4.78, 5) is 42.5. The van der Waals surface area contributed by atoms with Gasteiger partial charge in [0.15, 0.2) is 6.10 Å². The van der Waals surface area contributed by atoms with Crippen LogP contribution < -0.4 is 0 Å². The molecule has 0 unspecified atom stereocenters. The van der Waals surface area contributed by atoms with Crippen molar-refractivity contribution in [2.24, 2.45) is 0 Å². The van der Waals surface area contributed by atoms with Gasteiger partial charge in [-0.25, -0.2) is 4.57 Å². The lowest BCUT2D eigenvalue weighted by Gasteiger charge is -2.18. The maximum atomic E-state index is 12.3. The topological polar surface area (TPSA) is 140 Å². The number of ether oxygens (including phenoxy) is 2. The van der Waals surface area contributed by atoms with Crippen LogP contribution in [0.15, 0.2) is 48.6 Å². The fraction of sp³-hybridized carbons (Fsp3) is 0.722. The molecule has 0 heterocycles. The molecule has 0 bridgehead atoms. The number of esters is 2. The molecule has 266 valence electrons. The number of phosphoric ester groups is 1. The standard InChI is InChI=1S/C36H63O9P/c1-3-4-5-6-7-8-17-20-23-26-29-35(38)43-31-34(32-44-46(40,41)42)45-36(39)30-27-24-21-18-15-13-11-9-10-12-14-16-19-22-25-28-33(2)37/h10-13,16,18-19,21,33-34,37H,3-9,14-15,17,20,22-32H2,1-2H3,(H2,40,41,42)/b12-10-,13-11-,19-16-,21-18-/t33-,34+/m0/s1. The largest absolute Gasteiger partial charge is 0.469 e. The van der Waals surface area contributed by atoms with E-state index in [1.807, 2.05) is 19.1 Å². The van der Waals surface area contributed by atoms with E-state index in [2.05, 4.69) is 47.9 Å². The molecule has 0 rings (SSSR count). The summed E-state index contributed by atoms with van der Waals surface area (Å²) in [5.41, 5.74) is 0. The molecule has 10 heteroatoms. The summed E-state index contributed by atoms with van der Waals surface area (Å²) in [7, 11) is -4.77. The van der Waals surface area contributed by atoms with E-state index in [4.69, 9.17) is 19.3 Å². The third-order valence-corrected chi connectivity index (χ3v) is 7.60. The summed E-state index contributed by atoms with van der Waals surface area (Å²) in [5.74, 6) is -0.972. The number of unbranched alkanes of at least 4 members (excludes halogenated alkanes) is 11. The Labute approximate surface area is 278 Å². The molecule has 0 aromatic rings. The van der Waals surface area contributed by atoms with E-state index in [1.54, 1.807) is 0 Å². The number of aliphatic hydroxyl groups is 1. The Morgan fingerprint density at radius 3 is 1.65 bits per heavy atom. The first kappa shape index (κ1) is 44.0. The van der Waals surface area contributed by atoms with Crippen molar-refractivity contribution >= 4 is 19.8 Å². The zero-order valence-electron chi connectivity index (χ0n) is 28.6. The predicted octanol–water partition coefficient (Wildman–Crippen LogP) is 8.98. The Kier molecular flexibility index (Phi) is 30.2. The molecule has 0 saturated carbocycles. The summed E-state index contributed by atoms with van der Waals surface area (Å²) in [6, 6.07) is 0. The second kappa shape index (κ2) is 31.6. The molecule has 0 aromatic carbocycles. The maximum Gasteiger partial charge on any atom is 0.469 e. The van der Waals surface area contributed by atoms with Crippen molar-refractivity contribution in [3.05, 3.63) is 48.6 Å². The van der Waals surface area contributed by atoms with E-state index < -0.39 is 32.5 Å². The van der Waals surface area contributed by atoms with Gasteiger partial charge in [-0.1, -0.05) is 113 Å². The quantitative estimate of drug-likeness (QED) is 0.0285. The van der Waals surface area contributed by atoms with Crippen LogP contribution >= 0.6 is 7.82 Å². The Morgan fingerprint density at radius 1 is 0.652 bits per heavy atom. The number of aliphatic hydroxyl groups excluding tert-OH is 1. The highest BCUT2D eigenvalue weighted by Crippen LogP contribution is 2.35. The number of carbonyl (C=O) groups is 2. The highest BCUT2D eigenvalue weighted by atomic mass is 31.2. The zero-order valence-corrected chi connectivity index (χ0v) is 29.5. The molecule has 0 aliphatic heterocycles. The van der Waals surface area contributed by atoms with Crippen LogP contribution in [0.1, 0.15) is 142 Å². The van der Waals surface area contributed by atoms with Crippen LogP contribution in [0.5, 0.6) is 0 Å². The SMILES string of the molecule is CCCCCCCCCCCCC(=O)OC[C@H](COP(=O)(O)O)OC(=O)CCC/C=C\C/C=C\C/C=C\C/C=C\CCC[C@H](C)O. The molecule has 0 amide bonds. The van der Waals surface area contributed by atoms with Gasteiger partial charge in [-0.2, -0.15) is 0 Å². The van der Waals surface area contributed by atoms with Gasteiger partial charge in [0.2, 0.25) is 0 Å². The van der Waals surface area contributed by atoms with Crippen LogP contribution in [0.25, 0.3) is 0 Å². The molecule has 0 aromatic heterocycles. The molecule has 9 nitrogen and oxygen atoms in total. The van der Waals surface area contributed by atoms with Crippen LogP contribution in [0.3, 0.4) is 0 Å². The molecule has 0 spiro atoms. The monoisotopic (exact) mass is 670 g/mol. The third-order valence-electron chi connectivity index (χ3n) is 7.12. The van der Waals surface area contributed by atoms with E-state index >= 15 is 0 Å². The van der Waals surface area contributed by atoms with Gasteiger partial charge in [-0.05, 0) is 64.7 Å². The van der Waals surface area contributed by atoms with Gasteiger partial charge in [0.25, 0.3) is 0 Å². The van der Waals surface area contributed by atoms with Crippen LogP contribution in [-0.4, -0.2) is 52.3 Å². The van der Waals surface area contributed by atoms with Gasteiger partial charge in [0, 0.05) is 12.8 Å². The average molecular weight is 671 g/mol. The van der Waals surface area contributed by atoms with Crippen molar-refractivity contribution in [1.29, 1.82) is 0 Å². The zero-order chi connectivity index (χ0) is 34.1.